The van der Waals surface area contributed by atoms with E-state index < -0.39 is 0 Å². The molecule has 0 unspecified atom stereocenters. The van der Waals surface area contributed by atoms with Gasteiger partial charge in [-0.25, -0.2) is 4.98 Å². The molecule has 0 aliphatic rings. The molecule has 102 valence electrons. The van der Waals surface area contributed by atoms with E-state index >= 15 is 0 Å². The van der Waals surface area contributed by atoms with Gasteiger partial charge in [-0.3, -0.25) is 0 Å². The zero-order chi connectivity index (χ0) is 14.8. The summed E-state index contributed by atoms with van der Waals surface area (Å²) < 4.78 is 0. The summed E-state index contributed by atoms with van der Waals surface area (Å²) in [6, 6.07) is 15.3. The number of aromatic nitrogens is 1. The molecule has 0 amide bonds. The minimum absolute atomic E-state index is 0.235. The van der Waals surface area contributed by atoms with E-state index in [1.807, 2.05) is 41.8 Å². The average molecular weight is 312 g/mol. The summed E-state index contributed by atoms with van der Waals surface area (Å²) in [6.45, 7) is 0. The van der Waals surface area contributed by atoms with Gasteiger partial charge in [0.1, 0.15) is 17.5 Å². The molecule has 0 radical (unpaired) electrons. The van der Waals surface area contributed by atoms with Crippen molar-refractivity contribution in [3.8, 4) is 27.8 Å². The van der Waals surface area contributed by atoms with Gasteiger partial charge in [-0.2, -0.15) is 5.26 Å². The summed E-state index contributed by atoms with van der Waals surface area (Å²) in [5.74, 6) is 0.235. The van der Waals surface area contributed by atoms with Gasteiger partial charge in [-0.05, 0) is 29.6 Å². The number of benzene rings is 1. The quantitative estimate of drug-likeness (QED) is 0.753. The lowest BCUT2D eigenvalue weighted by Crippen LogP contribution is -1.99. The molecule has 0 aliphatic carbocycles. The van der Waals surface area contributed by atoms with E-state index in [1.54, 1.807) is 17.4 Å². The zero-order valence-corrected chi connectivity index (χ0v) is 12.4. The Morgan fingerprint density at radius 3 is 2.71 bits per heavy atom. The van der Waals surface area contributed by atoms with Crippen molar-refractivity contribution in [1.29, 1.82) is 5.26 Å². The summed E-state index contributed by atoms with van der Waals surface area (Å²) in [6.07, 6.45) is 0. The smallest absolute Gasteiger partial charge is 0.142 e. The Bertz CT molecular complexity index is 835. The van der Waals surface area contributed by atoms with Crippen LogP contribution in [0.3, 0.4) is 0 Å². The second kappa shape index (κ2) is 5.57. The molecule has 0 aliphatic heterocycles. The van der Waals surface area contributed by atoms with E-state index in [-0.39, 0.29) is 5.82 Å². The minimum atomic E-state index is 0.235. The van der Waals surface area contributed by atoms with Crippen molar-refractivity contribution >= 4 is 28.8 Å². The largest absolute Gasteiger partial charge is 0.383 e. The molecule has 5 heteroatoms. The summed E-state index contributed by atoms with van der Waals surface area (Å²) in [4.78, 5) is 5.32. The fraction of sp³-hybridized carbons (Fsp3) is 0. The third-order valence-electron chi connectivity index (χ3n) is 3.07. The molecule has 21 heavy (non-hydrogen) atoms. The molecule has 1 aromatic carbocycles. The first-order chi connectivity index (χ1) is 10.2. The Morgan fingerprint density at radius 1 is 1.19 bits per heavy atom. The lowest BCUT2D eigenvalue weighted by molar-refractivity contribution is 1.31. The first-order valence-corrected chi connectivity index (χ1v) is 7.45. The van der Waals surface area contributed by atoms with E-state index in [1.165, 1.54) is 0 Å². The van der Waals surface area contributed by atoms with Crippen molar-refractivity contribution in [2.75, 3.05) is 5.73 Å². The van der Waals surface area contributed by atoms with Gasteiger partial charge >= 0.3 is 0 Å². The number of hydrogen-bond donors (Lipinski definition) is 1. The number of rotatable bonds is 2. The van der Waals surface area contributed by atoms with Gasteiger partial charge in [0.25, 0.3) is 0 Å². The van der Waals surface area contributed by atoms with Crippen LogP contribution in [0.25, 0.3) is 21.7 Å². The van der Waals surface area contributed by atoms with Crippen molar-refractivity contribution in [3.05, 3.63) is 58.4 Å². The van der Waals surface area contributed by atoms with E-state index in [2.05, 4.69) is 11.1 Å². The molecular formula is C16H10ClN3S. The fourth-order valence-corrected chi connectivity index (χ4v) is 3.04. The standard InChI is InChI=1S/C16H10ClN3S/c17-11-4-1-3-10(7-11)14-8-12(15-5-2-6-21-15)13(9-18)16(19)20-14/h1-8H,(H2,19,20). The molecule has 0 spiro atoms. The van der Waals surface area contributed by atoms with Crippen LogP contribution in [-0.2, 0) is 0 Å². The van der Waals surface area contributed by atoms with E-state index in [0.717, 1.165) is 16.0 Å². The highest BCUT2D eigenvalue weighted by Crippen LogP contribution is 2.34. The predicted octanol–water partition coefficient (Wildman–Crippen LogP) is 4.58. The molecule has 0 saturated heterocycles. The number of halogens is 1. The maximum absolute atomic E-state index is 9.32. The normalized spacial score (nSPS) is 10.3. The Balaban J connectivity index is 2.23. The monoisotopic (exact) mass is 311 g/mol. The van der Waals surface area contributed by atoms with Gasteiger partial charge in [0.15, 0.2) is 0 Å². The Kier molecular flexibility index (Phi) is 3.61. The number of thiophene rings is 1. The van der Waals surface area contributed by atoms with Crippen LogP contribution in [0.2, 0.25) is 5.02 Å². The van der Waals surface area contributed by atoms with Crippen molar-refractivity contribution < 1.29 is 0 Å². The van der Waals surface area contributed by atoms with Crippen molar-refractivity contribution in [2.24, 2.45) is 0 Å². The van der Waals surface area contributed by atoms with Crippen LogP contribution in [0, 0.1) is 11.3 Å². The van der Waals surface area contributed by atoms with E-state index in [9.17, 15) is 5.26 Å². The highest BCUT2D eigenvalue weighted by Gasteiger charge is 2.14. The molecule has 3 rings (SSSR count). The van der Waals surface area contributed by atoms with Crippen LogP contribution in [0.5, 0.6) is 0 Å². The van der Waals surface area contributed by atoms with Gasteiger partial charge < -0.3 is 5.73 Å². The molecule has 2 N–H and O–H groups in total. The van der Waals surface area contributed by atoms with E-state index in [4.69, 9.17) is 17.3 Å². The first-order valence-electron chi connectivity index (χ1n) is 6.19. The number of nitrogen functional groups attached to an aromatic ring is 1. The summed E-state index contributed by atoms with van der Waals surface area (Å²) in [5.41, 5.74) is 8.74. The zero-order valence-electron chi connectivity index (χ0n) is 10.9. The Hall–Kier alpha value is -2.35. The van der Waals surface area contributed by atoms with Gasteiger partial charge in [-0.15, -0.1) is 11.3 Å². The van der Waals surface area contributed by atoms with Crippen LogP contribution in [0.4, 0.5) is 5.82 Å². The maximum atomic E-state index is 9.32. The fourth-order valence-electron chi connectivity index (χ4n) is 2.10. The predicted molar refractivity (Wildman–Crippen MR) is 87.1 cm³/mol. The van der Waals surface area contributed by atoms with Gasteiger partial charge in [0.05, 0.1) is 5.69 Å². The Morgan fingerprint density at radius 2 is 2.05 bits per heavy atom. The van der Waals surface area contributed by atoms with Crippen molar-refractivity contribution in [3.63, 3.8) is 0 Å². The third-order valence-corrected chi connectivity index (χ3v) is 4.20. The molecule has 0 saturated carbocycles. The third kappa shape index (κ3) is 2.62. The van der Waals surface area contributed by atoms with E-state index in [0.29, 0.717) is 16.3 Å². The number of hydrogen-bond acceptors (Lipinski definition) is 4. The molecule has 0 atom stereocenters. The van der Waals surface area contributed by atoms with Gasteiger partial charge in [0, 0.05) is 21.0 Å². The summed E-state index contributed by atoms with van der Waals surface area (Å²) in [7, 11) is 0. The lowest BCUT2D eigenvalue weighted by atomic mass is 10.0. The van der Waals surface area contributed by atoms with Crippen LogP contribution in [0.1, 0.15) is 5.56 Å². The first kappa shape index (κ1) is 13.6. The SMILES string of the molecule is N#Cc1c(-c2cccs2)cc(-c2cccc(Cl)c2)nc1N. The highest BCUT2D eigenvalue weighted by molar-refractivity contribution is 7.13. The van der Waals surface area contributed by atoms with Crippen LogP contribution >= 0.6 is 22.9 Å². The molecule has 2 heterocycles. The molecule has 3 aromatic rings. The van der Waals surface area contributed by atoms with Crippen molar-refractivity contribution in [1.82, 2.24) is 4.98 Å². The Labute approximate surface area is 131 Å². The number of anilines is 1. The van der Waals surface area contributed by atoms with Crippen LogP contribution < -0.4 is 5.73 Å². The maximum Gasteiger partial charge on any atom is 0.142 e. The van der Waals surface area contributed by atoms with Crippen molar-refractivity contribution in [2.45, 2.75) is 0 Å². The summed E-state index contributed by atoms with van der Waals surface area (Å²) in [5, 5.41) is 11.9. The number of pyridine rings is 1. The summed E-state index contributed by atoms with van der Waals surface area (Å²) >= 11 is 7.58. The number of nitrogens with two attached hydrogens (primary N) is 1. The molecule has 0 bridgehead atoms. The van der Waals surface area contributed by atoms with Gasteiger partial charge in [0.2, 0.25) is 0 Å². The number of nitrogens with zero attached hydrogens (tertiary/aromatic N) is 2. The molecular weight excluding hydrogens is 302 g/mol. The topological polar surface area (TPSA) is 62.7 Å². The van der Waals surface area contributed by atoms with Gasteiger partial charge in [-0.1, -0.05) is 29.8 Å². The van der Waals surface area contributed by atoms with Crippen LogP contribution in [-0.4, -0.2) is 4.98 Å². The second-order valence-corrected chi connectivity index (χ2v) is 5.80. The average Bonchev–Trinajstić information content (AvgIpc) is 3.00. The molecule has 3 nitrogen and oxygen atoms in total. The highest BCUT2D eigenvalue weighted by atomic mass is 35.5. The number of nitriles is 1. The second-order valence-electron chi connectivity index (χ2n) is 4.41. The lowest BCUT2D eigenvalue weighted by Gasteiger charge is -2.09. The molecule has 2 aromatic heterocycles. The van der Waals surface area contributed by atoms with Crippen LogP contribution in [0.15, 0.2) is 47.8 Å². The molecule has 0 fully saturated rings. The minimum Gasteiger partial charge on any atom is -0.383 e.